The second-order valence-electron chi connectivity index (χ2n) is 5.51. The van der Waals surface area contributed by atoms with Gasteiger partial charge in [0, 0.05) is 30.2 Å². The van der Waals surface area contributed by atoms with E-state index < -0.39 is 16.0 Å². The number of aryl methyl sites for hydroxylation is 1. The third kappa shape index (κ3) is 3.19. The van der Waals surface area contributed by atoms with E-state index >= 15 is 0 Å². The molecule has 8 heteroatoms. The summed E-state index contributed by atoms with van der Waals surface area (Å²) in [7, 11) is -3.70. The molecule has 124 valence electrons. The molecule has 3 rings (SSSR count). The molecule has 0 aromatic carbocycles. The fourth-order valence-corrected chi connectivity index (χ4v) is 5.02. The maximum atomic E-state index is 13.0. The predicted molar refractivity (Wildman–Crippen MR) is 87.1 cm³/mol. The Bertz CT molecular complexity index is 805. The molecule has 0 saturated heterocycles. The van der Waals surface area contributed by atoms with Crippen molar-refractivity contribution in [3.63, 3.8) is 0 Å². The Kier molecular flexibility index (Phi) is 4.31. The van der Waals surface area contributed by atoms with Crippen LogP contribution in [0.4, 0.5) is 0 Å². The van der Waals surface area contributed by atoms with Crippen molar-refractivity contribution in [3.8, 4) is 0 Å². The first-order valence-electron chi connectivity index (χ1n) is 7.41. The van der Waals surface area contributed by atoms with Gasteiger partial charge in [-0.25, -0.2) is 13.2 Å². The molecule has 1 N–H and O–H groups in total. The molecule has 1 aliphatic carbocycles. The van der Waals surface area contributed by atoms with Gasteiger partial charge in [0.05, 0.1) is 0 Å². The molecule has 0 atom stereocenters. The van der Waals surface area contributed by atoms with E-state index in [4.69, 9.17) is 0 Å². The van der Waals surface area contributed by atoms with Crippen LogP contribution in [0, 0.1) is 0 Å². The molecule has 0 amide bonds. The summed E-state index contributed by atoms with van der Waals surface area (Å²) in [6, 6.07) is 5.08. The molecule has 0 spiro atoms. The van der Waals surface area contributed by atoms with E-state index in [0.29, 0.717) is 13.1 Å². The average Bonchev–Trinajstić information content (AvgIpc) is 3.04. The van der Waals surface area contributed by atoms with Crippen LogP contribution in [0.1, 0.15) is 35.1 Å². The summed E-state index contributed by atoms with van der Waals surface area (Å²) in [4.78, 5) is 12.3. The summed E-state index contributed by atoms with van der Waals surface area (Å²) in [5.74, 6) is -1.12. The standard InChI is InChI=1S/C15H18N2O4S2/c1-2-16-10-13(8-14(16)15(18)19)23(20,21)17(11-5-6-11)9-12-4-3-7-22-12/h3-4,7-8,10-11H,2,5-6,9H2,1H3,(H,18,19). The summed E-state index contributed by atoms with van der Waals surface area (Å²) < 4.78 is 28.9. The number of sulfonamides is 1. The highest BCUT2D eigenvalue weighted by Crippen LogP contribution is 2.34. The topological polar surface area (TPSA) is 79.6 Å². The van der Waals surface area contributed by atoms with Crippen LogP contribution in [-0.4, -0.2) is 34.4 Å². The van der Waals surface area contributed by atoms with Crippen LogP contribution >= 0.6 is 11.3 Å². The van der Waals surface area contributed by atoms with Crippen LogP contribution in [0.2, 0.25) is 0 Å². The van der Waals surface area contributed by atoms with Gasteiger partial charge in [-0.15, -0.1) is 11.3 Å². The van der Waals surface area contributed by atoms with Gasteiger partial charge in [0.25, 0.3) is 0 Å². The van der Waals surface area contributed by atoms with Gasteiger partial charge in [-0.05, 0) is 37.3 Å². The number of carboxylic acid groups (broad SMARTS) is 1. The van der Waals surface area contributed by atoms with Gasteiger partial charge >= 0.3 is 5.97 Å². The van der Waals surface area contributed by atoms with Gasteiger partial charge in [0.1, 0.15) is 10.6 Å². The number of aromatic carboxylic acids is 1. The molecule has 0 unspecified atom stereocenters. The van der Waals surface area contributed by atoms with Crippen LogP contribution in [0.25, 0.3) is 0 Å². The average molecular weight is 354 g/mol. The van der Waals surface area contributed by atoms with Crippen molar-refractivity contribution in [2.45, 2.75) is 43.8 Å². The maximum absolute atomic E-state index is 13.0. The summed E-state index contributed by atoms with van der Waals surface area (Å²) in [5, 5.41) is 11.1. The van der Waals surface area contributed by atoms with Gasteiger partial charge < -0.3 is 9.67 Å². The number of carboxylic acids is 1. The Labute approximate surface area is 139 Å². The van der Waals surface area contributed by atoms with E-state index in [1.54, 1.807) is 6.92 Å². The van der Waals surface area contributed by atoms with Gasteiger partial charge in [0.2, 0.25) is 10.0 Å². The molecule has 2 aromatic heterocycles. The van der Waals surface area contributed by atoms with E-state index in [0.717, 1.165) is 17.7 Å². The fraction of sp³-hybridized carbons (Fsp3) is 0.400. The lowest BCUT2D eigenvalue weighted by Crippen LogP contribution is -2.32. The summed E-state index contributed by atoms with van der Waals surface area (Å²) in [6.45, 7) is 2.53. The van der Waals surface area contributed by atoms with E-state index in [9.17, 15) is 18.3 Å². The zero-order chi connectivity index (χ0) is 16.6. The van der Waals surface area contributed by atoms with Gasteiger partial charge in [-0.3, -0.25) is 0 Å². The minimum Gasteiger partial charge on any atom is -0.477 e. The second kappa shape index (κ2) is 6.10. The molecule has 6 nitrogen and oxygen atoms in total. The number of thiophene rings is 1. The van der Waals surface area contributed by atoms with Crippen molar-refractivity contribution in [2.75, 3.05) is 0 Å². The quantitative estimate of drug-likeness (QED) is 0.829. The van der Waals surface area contributed by atoms with E-state index in [1.807, 2.05) is 17.5 Å². The molecule has 0 radical (unpaired) electrons. The van der Waals surface area contributed by atoms with E-state index in [-0.39, 0.29) is 16.6 Å². The lowest BCUT2D eigenvalue weighted by atomic mass is 10.4. The van der Waals surface area contributed by atoms with Crippen LogP contribution in [0.5, 0.6) is 0 Å². The Hall–Kier alpha value is -1.64. The van der Waals surface area contributed by atoms with Crippen molar-refractivity contribution in [1.82, 2.24) is 8.87 Å². The van der Waals surface area contributed by atoms with Crippen LogP contribution < -0.4 is 0 Å². The monoisotopic (exact) mass is 354 g/mol. The molecule has 0 aliphatic heterocycles. The highest BCUT2D eigenvalue weighted by atomic mass is 32.2. The van der Waals surface area contributed by atoms with E-state index in [2.05, 4.69) is 0 Å². The summed E-state index contributed by atoms with van der Waals surface area (Å²) in [6.07, 6.45) is 3.12. The van der Waals surface area contributed by atoms with Gasteiger partial charge in [-0.2, -0.15) is 4.31 Å². The Morgan fingerprint density at radius 3 is 2.70 bits per heavy atom. The number of nitrogens with zero attached hydrogens (tertiary/aromatic N) is 2. The lowest BCUT2D eigenvalue weighted by molar-refractivity contribution is 0.0685. The lowest BCUT2D eigenvalue weighted by Gasteiger charge is -2.20. The van der Waals surface area contributed by atoms with Crippen molar-refractivity contribution in [1.29, 1.82) is 0 Å². The first kappa shape index (κ1) is 16.2. The number of aromatic nitrogens is 1. The predicted octanol–water partition coefficient (Wildman–Crippen LogP) is 2.62. The van der Waals surface area contributed by atoms with Gasteiger partial charge in [0.15, 0.2) is 0 Å². The highest BCUT2D eigenvalue weighted by Gasteiger charge is 2.39. The number of hydrogen-bond donors (Lipinski definition) is 1. The van der Waals surface area contributed by atoms with Crippen molar-refractivity contribution >= 4 is 27.3 Å². The second-order valence-corrected chi connectivity index (χ2v) is 8.44. The maximum Gasteiger partial charge on any atom is 0.352 e. The van der Waals surface area contributed by atoms with Crippen LogP contribution in [-0.2, 0) is 23.1 Å². The zero-order valence-corrected chi connectivity index (χ0v) is 14.3. The smallest absolute Gasteiger partial charge is 0.352 e. The molecular weight excluding hydrogens is 336 g/mol. The fourth-order valence-electron chi connectivity index (χ4n) is 2.53. The SMILES string of the molecule is CCn1cc(S(=O)(=O)N(Cc2cccs2)C2CC2)cc1C(=O)O. The normalized spacial score (nSPS) is 15.2. The molecular formula is C15H18N2O4S2. The van der Waals surface area contributed by atoms with Crippen molar-refractivity contribution < 1.29 is 18.3 Å². The molecule has 23 heavy (non-hydrogen) atoms. The minimum absolute atomic E-state index is 0.00190. The van der Waals surface area contributed by atoms with E-state index in [1.165, 1.54) is 32.5 Å². The largest absolute Gasteiger partial charge is 0.477 e. The molecule has 2 heterocycles. The Balaban J connectivity index is 1.96. The van der Waals surface area contributed by atoms with Crippen LogP contribution in [0.3, 0.4) is 0 Å². The highest BCUT2D eigenvalue weighted by molar-refractivity contribution is 7.89. The third-order valence-electron chi connectivity index (χ3n) is 3.88. The summed E-state index contributed by atoms with van der Waals surface area (Å²) in [5.41, 5.74) is -0.00190. The molecule has 2 aromatic rings. The van der Waals surface area contributed by atoms with Crippen molar-refractivity contribution in [3.05, 3.63) is 40.3 Å². The Morgan fingerprint density at radius 2 is 2.22 bits per heavy atom. The zero-order valence-electron chi connectivity index (χ0n) is 12.7. The van der Waals surface area contributed by atoms with Gasteiger partial charge in [-0.1, -0.05) is 6.07 Å². The Morgan fingerprint density at radius 1 is 1.48 bits per heavy atom. The third-order valence-corrected chi connectivity index (χ3v) is 6.61. The molecule has 0 bridgehead atoms. The summed E-state index contributed by atoms with van der Waals surface area (Å²) >= 11 is 1.52. The molecule has 1 saturated carbocycles. The molecule has 1 aliphatic rings. The van der Waals surface area contributed by atoms with Crippen LogP contribution in [0.15, 0.2) is 34.7 Å². The number of carbonyl (C=O) groups is 1. The first-order valence-corrected chi connectivity index (χ1v) is 9.73. The first-order chi connectivity index (χ1) is 10.9. The molecule has 1 fully saturated rings. The number of hydrogen-bond acceptors (Lipinski definition) is 4. The number of rotatable bonds is 7. The minimum atomic E-state index is -3.70. The van der Waals surface area contributed by atoms with Crippen molar-refractivity contribution in [2.24, 2.45) is 0 Å².